The normalized spacial score (nSPS) is 37.6. The van der Waals surface area contributed by atoms with E-state index in [2.05, 4.69) is 0 Å². The van der Waals surface area contributed by atoms with E-state index >= 15 is 0 Å². The second kappa shape index (κ2) is 8.82. The van der Waals surface area contributed by atoms with Crippen molar-refractivity contribution in [3.05, 3.63) is 0 Å². The lowest BCUT2D eigenvalue weighted by Gasteiger charge is -2.36. The summed E-state index contributed by atoms with van der Waals surface area (Å²) < 4.78 is 55.5. The van der Waals surface area contributed by atoms with Crippen LogP contribution in [0.5, 0.6) is 0 Å². The van der Waals surface area contributed by atoms with E-state index in [1.807, 2.05) is 20.8 Å². The van der Waals surface area contributed by atoms with Gasteiger partial charge in [-0.05, 0) is 69.2 Å². The average molecular weight is 482 g/mol. The minimum atomic E-state index is -3.74. The zero-order valence-corrected chi connectivity index (χ0v) is 21.8. The molecular weight excluding hydrogens is 441 g/mol. The third kappa shape index (κ3) is 5.10. The highest BCUT2D eigenvalue weighted by atomic mass is 31.2. The quantitative estimate of drug-likeness (QED) is 0.406. The van der Waals surface area contributed by atoms with Gasteiger partial charge >= 0.3 is 7.60 Å². The van der Waals surface area contributed by atoms with Gasteiger partial charge in [-0.15, -0.1) is 5.06 Å². The van der Waals surface area contributed by atoms with Crippen molar-refractivity contribution in [3.8, 4) is 0 Å². The van der Waals surface area contributed by atoms with Crippen LogP contribution in [0.3, 0.4) is 0 Å². The van der Waals surface area contributed by atoms with Gasteiger partial charge in [-0.2, -0.15) is 0 Å². The maximum absolute atomic E-state index is 13.6. The molecule has 32 heavy (non-hydrogen) atoms. The number of hydrogen-bond acceptors (Lipinski definition) is 10. The van der Waals surface area contributed by atoms with Gasteiger partial charge in [0.1, 0.15) is 29.7 Å². The average Bonchev–Trinajstić information content (AvgIpc) is 3.17. The fourth-order valence-electron chi connectivity index (χ4n) is 4.62. The summed E-state index contributed by atoms with van der Waals surface area (Å²) in [6, 6.07) is 0. The molecule has 10 nitrogen and oxygen atoms in total. The number of hydroxylamine groups is 2. The van der Waals surface area contributed by atoms with Crippen LogP contribution in [0.2, 0.25) is 0 Å². The highest BCUT2D eigenvalue weighted by molar-refractivity contribution is 7.54. The van der Waals surface area contributed by atoms with Gasteiger partial charge < -0.3 is 37.9 Å². The van der Waals surface area contributed by atoms with Crippen LogP contribution in [-0.2, 0) is 37.3 Å². The number of rotatable bonds is 8. The third-order valence-corrected chi connectivity index (χ3v) is 8.32. The SMILES string of the molecule is CC(C)OP(=O)(OC(C)C)[C@@H](C)N(O)[C@H]1O[C@H]([C@H]2COC(C)(C)O2)[C@]2(C)OC(C)(C)O[C@H]12. The Balaban J connectivity index is 1.90. The van der Waals surface area contributed by atoms with Crippen molar-refractivity contribution in [1.29, 1.82) is 0 Å². The Morgan fingerprint density at radius 2 is 1.50 bits per heavy atom. The highest BCUT2D eigenvalue weighted by Crippen LogP contribution is 2.58. The summed E-state index contributed by atoms with van der Waals surface area (Å²) in [7, 11) is -3.74. The van der Waals surface area contributed by atoms with Crippen molar-refractivity contribution >= 4 is 7.60 Å². The summed E-state index contributed by atoms with van der Waals surface area (Å²) in [5.74, 6) is -2.69. The van der Waals surface area contributed by atoms with E-state index in [0.29, 0.717) is 6.61 Å². The van der Waals surface area contributed by atoms with Gasteiger partial charge in [0.15, 0.2) is 17.8 Å². The lowest BCUT2D eigenvalue weighted by atomic mass is 9.91. The van der Waals surface area contributed by atoms with Crippen LogP contribution in [0.1, 0.15) is 69.2 Å². The first-order chi connectivity index (χ1) is 14.5. The molecule has 3 saturated heterocycles. The fraction of sp³-hybridized carbons (Fsp3) is 1.00. The monoisotopic (exact) mass is 481 g/mol. The summed E-state index contributed by atoms with van der Waals surface area (Å²) in [4.78, 5) is 0. The molecule has 3 heterocycles. The van der Waals surface area contributed by atoms with E-state index in [4.69, 9.17) is 32.7 Å². The first-order valence-electron chi connectivity index (χ1n) is 11.3. The van der Waals surface area contributed by atoms with E-state index in [1.54, 1.807) is 48.5 Å². The van der Waals surface area contributed by atoms with Gasteiger partial charge in [0.25, 0.3) is 0 Å². The topological polar surface area (TPSA) is 105 Å². The van der Waals surface area contributed by atoms with Crippen LogP contribution in [-0.4, -0.2) is 76.6 Å². The molecule has 0 unspecified atom stereocenters. The van der Waals surface area contributed by atoms with Gasteiger partial charge in [-0.3, -0.25) is 4.57 Å². The summed E-state index contributed by atoms with van der Waals surface area (Å²) >= 11 is 0. The maximum atomic E-state index is 13.6. The summed E-state index contributed by atoms with van der Waals surface area (Å²) in [5, 5.41) is 12.1. The van der Waals surface area contributed by atoms with Crippen molar-refractivity contribution in [1.82, 2.24) is 5.06 Å². The first-order valence-corrected chi connectivity index (χ1v) is 12.9. The molecule has 0 bridgehead atoms. The van der Waals surface area contributed by atoms with E-state index in [-0.39, 0.29) is 12.2 Å². The Kier molecular flexibility index (Phi) is 7.30. The van der Waals surface area contributed by atoms with Crippen LogP contribution in [0.4, 0.5) is 0 Å². The van der Waals surface area contributed by atoms with Gasteiger partial charge in [-0.25, -0.2) is 0 Å². The Labute approximate surface area is 191 Å². The Bertz CT molecular complexity index is 716. The molecule has 0 radical (unpaired) electrons. The molecule has 0 aromatic heterocycles. The van der Waals surface area contributed by atoms with Crippen molar-refractivity contribution in [2.75, 3.05) is 6.61 Å². The molecule has 3 fully saturated rings. The van der Waals surface area contributed by atoms with Gasteiger partial charge in [0.2, 0.25) is 0 Å². The van der Waals surface area contributed by atoms with E-state index in [9.17, 15) is 9.77 Å². The van der Waals surface area contributed by atoms with E-state index in [1.165, 1.54) is 0 Å². The first kappa shape index (κ1) is 26.5. The molecule has 3 aliphatic heterocycles. The Morgan fingerprint density at radius 3 is 1.97 bits per heavy atom. The van der Waals surface area contributed by atoms with Crippen LogP contribution in [0.25, 0.3) is 0 Å². The minimum Gasteiger partial charge on any atom is -0.349 e. The standard InChI is InChI=1S/C21H40NO9P/c1-12(2)29-32(24,30-13(3)4)14(5)22(23)18-17-21(10,31-20(8,9)28-17)16(26-18)15-11-25-19(6,7)27-15/h12-18,23H,11H2,1-10H3/t14-,15+,16+,17+,18-,21-/m0/s1. The molecule has 0 spiro atoms. The Morgan fingerprint density at radius 1 is 0.938 bits per heavy atom. The molecular formula is C21H40NO9P. The number of fused-ring (bicyclic) bond motifs is 1. The molecule has 11 heteroatoms. The largest absolute Gasteiger partial charge is 0.350 e. The zero-order valence-electron chi connectivity index (χ0n) is 20.9. The number of nitrogens with zero attached hydrogens (tertiary/aromatic N) is 1. The smallest absolute Gasteiger partial charge is 0.349 e. The van der Waals surface area contributed by atoms with Crippen molar-refractivity contribution in [2.24, 2.45) is 0 Å². The van der Waals surface area contributed by atoms with Gasteiger partial charge in [-0.1, -0.05) is 0 Å². The van der Waals surface area contributed by atoms with Crippen LogP contribution in [0, 0.1) is 0 Å². The number of hydrogen-bond donors (Lipinski definition) is 1. The van der Waals surface area contributed by atoms with E-state index in [0.717, 1.165) is 5.06 Å². The fourth-order valence-corrected chi connectivity index (χ4v) is 6.62. The molecule has 0 aliphatic carbocycles. The second-order valence-electron chi connectivity index (χ2n) is 10.4. The summed E-state index contributed by atoms with van der Waals surface area (Å²) in [6.07, 6.45) is -3.44. The lowest BCUT2D eigenvalue weighted by Crippen LogP contribution is -2.51. The van der Waals surface area contributed by atoms with Gasteiger partial charge in [0, 0.05) is 0 Å². The summed E-state index contributed by atoms with van der Waals surface area (Å²) in [6.45, 7) is 18.1. The predicted molar refractivity (Wildman–Crippen MR) is 115 cm³/mol. The number of ether oxygens (including phenoxy) is 5. The third-order valence-electron chi connectivity index (χ3n) is 5.74. The predicted octanol–water partition coefficient (Wildman–Crippen LogP) is 3.85. The molecule has 0 amide bonds. The molecule has 1 N–H and O–H groups in total. The van der Waals surface area contributed by atoms with Crippen molar-refractivity contribution in [2.45, 2.75) is 129 Å². The maximum Gasteiger partial charge on any atom is 0.350 e. The molecule has 0 aromatic carbocycles. The molecule has 0 saturated carbocycles. The Hall–Kier alpha value is -0.130. The molecule has 3 aliphatic rings. The van der Waals surface area contributed by atoms with Crippen LogP contribution in [0.15, 0.2) is 0 Å². The molecule has 3 rings (SSSR count). The molecule has 0 aromatic rings. The van der Waals surface area contributed by atoms with E-state index < -0.39 is 55.1 Å². The minimum absolute atomic E-state index is 0.308. The molecule has 188 valence electrons. The van der Waals surface area contributed by atoms with Crippen LogP contribution < -0.4 is 0 Å². The van der Waals surface area contributed by atoms with Crippen molar-refractivity contribution in [3.63, 3.8) is 0 Å². The second-order valence-corrected chi connectivity index (χ2v) is 12.6. The highest BCUT2D eigenvalue weighted by Gasteiger charge is 2.68. The molecule has 6 atom stereocenters. The van der Waals surface area contributed by atoms with Gasteiger partial charge in [0.05, 0.1) is 18.8 Å². The summed E-state index contributed by atoms with van der Waals surface area (Å²) in [5.41, 5.74) is -0.939. The zero-order chi connectivity index (χ0) is 24.3. The van der Waals surface area contributed by atoms with Crippen LogP contribution >= 0.6 is 7.60 Å². The lowest BCUT2D eigenvalue weighted by molar-refractivity contribution is -0.279. The van der Waals surface area contributed by atoms with Crippen molar-refractivity contribution < 1.29 is 42.5 Å².